The molecule has 1 N–H and O–H groups in total. The normalized spacial score (nSPS) is 15.4. The molecule has 0 atom stereocenters. The average Bonchev–Trinajstić information content (AvgIpc) is 3.11. The first-order valence-corrected chi connectivity index (χ1v) is 8.24. The summed E-state index contributed by atoms with van der Waals surface area (Å²) >= 11 is 6.79. The molecule has 1 fully saturated rings. The molecular formula is C10H9ClN4O2S2. The fraction of sp³-hybridized carbons (Fsp3) is 0.300. The number of aromatic nitrogens is 3. The molecule has 0 bridgehead atoms. The molecule has 0 spiro atoms. The summed E-state index contributed by atoms with van der Waals surface area (Å²) in [6.45, 7) is 0. The van der Waals surface area contributed by atoms with Crippen molar-refractivity contribution in [2.45, 2.75) is 23.7 Å². The second kappa shape index (κ2) is 4.69. The number of anilines is 1. The monoisotopic (exact) mass is 316 g/mol. The van der Waals surface area contributed by atoms with E-state index in [0.29, 0.717) is 11.0 Å². The van der Waals surface area contributed by atoms with Crippen molar-refractivity contribution in [2.24, 2.45) is 0 Å². The third-order valence-corrected chi connectivity index (χ3v) is 5.04. The minimum Gasteiger partial charge on any atom is -0.255 e. The number of hydrogen-bond donors (Lipinski definition) is 1. The molecule has 0 aromatic carbocycles. The third kappa shape index (κ3) is 2.85. The van der Waals surface area contributed by atoms with E-state index in [4.69, 9.17) is 11.6 Å². The molecule has 9 heteroatoms. The maximum absolute atomic E-state index is 12.0. The van der Waals surface area contributed by atoms with Crippen LogP contribution in [-0.4, -0.2) is 23.4 Å². The van der Waals surface area contributed by atoms with Gasteiger partial charge in [0.2, 0.25) is 5.28 Å². The van der Waals surface area contributed by atoms with Gasteiger partial charge < -0.3 is 0 Å². The fourth-order valence-corrected chi connectivity index (χ4v) is 3.54. The topological polar surface area (TPSA) is 84.8 Å². The first-order valence-electron chi connectivity index (χ1n) is 5.50. The lowest BCUT2D eigenvalue weighted by Gasteiger charge is -2.03. The van der Waals surface area contributed by atoms with Crippen LogP contribution in [0.3, 0.4) is 0 Å². The van der Waals surface area contributed by atoms with Crippen LogP contribution < -0.4 is 4.72 Å². The van der Waals surface area contributed by atoms with E-state index in [9.17, 15) is 8.42 Å². The second-order valence-electron chi connectivity index (χ2n) is 4.15. The number of rotatable bonds is 4. The summed E-state index contributed by atoms with van der Waals surface area (Å²) in [5.74, 6) is 0.494. The number of nitrogens with one attached hydrogen (secondary N) is 1. The van der Waals surface area contributed by atoms with Crippen molar-refractivity contribution < 1.29 is 8.42 Å². The van der Waals surface area contributed by atoms with Gasteiger partial charge in [-0.1, -0.05) is 0 Å². The van der Waals surface area contributed by atoms with Gasteiger partial charge in [0.15, 0.2) is 5.13 Å². The molecule has 1 aliphatic carbocycles. The molecule has 0 aliphatic heterocycles. The Morgan fingerprint density at radius 2 is 2.00 bits per heavy atom. The Balaban J connectivity index is 1.81. The number of nitrogens with zero attached hydrogens (tertiary/aromatic N) is 3. The Morgan fingerprint density at radius 3 is 2.63 bits per heavy atom. The van der Waals surface area contributed by atoms with Gasteiger partial charge in [0.1, 0.15) is 4.90 Å². The lowest BCUT2D eigenvalue weighted by Crippen LogP contribution is -2.13. The van der Waals surface area contributed by atoms with Gasteiger partial charge in [0.25, 0.3) is 10.0 Å². The van der Waals surface area contributed by atoms with Crippen molar-refractivity contribution in [2.75, 3.05) is 4.72 Å². The average molecular weight is 317 g/mol. The van der Waals surface area contributed by atoms with Crippen molar-refractivity contribution in [1.29, 1.82) is 0 Å². The van der Waals surface area contributed by atoms with Crippen LogP contribution >= 0.6 is 22.9 Å². The van der Waals surface area contributed by atoms with Crippen LogP contribution in [0.1, 0.15) is 24.5 Å². The molecule has 2 aromatic heterocycles. The molecular weight excluding hydrogens is 308 g/mol. The highest BCUT2D eigenvalue weighted by Gasteiger charge is 2.27. The summed E-state index contributed by atoms with van der Waals surface area (Å²) in [6, 6.07) is 0. The largest absolute Gasteiger partial charge is 0.266 e. The van der Waals surface area contributed by atoms with Crippen molar-refractivity contribution in [3.63, 3.8) is 0 Å². The Morgan fingerprint density at radius 1 is 1.32 bits per heavy atom. The molecule has 3 rings (SSSR count). The van der Waals surface area contributed by atoms with E-state index >= 15 is 0 Å². The lowest BCUT2D eigenvalue weighted by molar-refractivity contribution is 0.600. The van der Waals surface area contributed by atoms with Gasteiger partial charge in [0.05, 0.1) is 18.1 Å². The first-order chi connectivity index (χ1) is 9.04. The highest BCUT2D eigenvalue weighted by Crippen LogP contribution is 2.41. The molecule has 6 nitrogen and oxygen atoms in total. The summed E-state index contributed by atoms with van der Waals surface area (Å²) in [5, 5.41) is 2.24. The van der Waals surface area contributed by atoms with E-state index in [0.717, 1.165) is 30.9 Å². The number of thiazole rings is 1. The zero-order valence-electron chi connectivity index (χ0n) is 9.58. The predicted molar refractivity (Wildman–Crippen MR) is 71.9 cm³/mol. The van der Waals surface area contributed by atoms with Crippen LogP contribution in [-0.2, 0) is 10.0 Å². The zero-order chi connectivity index (χ0) is 13.5. The fourth-order valence-electron chi connectivity index (χ4n) is 1.51. The van der Waals surface area contributed by atoms with Gasteiger partial charge >= 0.3 is 0 Å². The molecule has 0 unspecified atom stereocenters. The smallest absolute Gasteiger partial charge is 0.255 e. The zero-order valence-corrected chi connectivity index (χ0v) is 12.0. The van der Waals surface area contributed by atoms with Crippen LogP contribution in [0.2, 0.25) is 5.28 Å². The molecule has 0 radical (unpaired) electrons. The maximum Gasteiger partial charge on any atom is 0.266 e. The quantitative estimate of drug-likeness (QED) is 0.875. The molecule has 19 heavy (non-hydrogen) atoms. The molecule has 2 heterocycles. The van der Waals surface area contributed by atoms with Gasteiger partial charge in [-0.2, -0.15) is 0 Å². The summed E-state index contributed by atoms with van der Waals surface area (Å²) in [5.41, 5.74) is 0.954. The second-order valence-corrected chi connectivity index (χ2v) is 7.02. The number of sulfonamides is 1. The molecule has 1 saturated carbocycles. The third-order valence-electron chi connectivity index (χ3n) is 2.65. The first kappa shape index (κ1) is 12.8. The molecule has 0 saturated heterocycles. The van der Waals surface area contributed by atoms with Gasteiger partial charge in [-0.25, -0.2) is 23.4 Å². The summed E-state index contributed by atoms with van der Waals surface area (Å²) in [7, 11) is -3.71. The minimum absolute atomic E-state index is 0.00391. The molecule has 2 aromatic rings. The molecule has 0 amide bonds. The molecule has 100 valence electrons. The van der Waals surface area contributed by atoms with Crippen LogP contribution in [0, 0.1) is 0 Å². The van der Waals surface area contributed by atoms with Crippen molar-refractivity contribution in [3.05, 3.63) is 28.8 Å². The number of halogens is 1. The van der Waals surface area contributed by atoms with Crippen molar-refractivity contribution >= 4 is 38.1 Å². The highest BCUT2D eigenvalue weighted by molar-refractivity contribution is 7.93. The van der Waals surface area contributed by atoms with Crippen molar-refractivity contribution in [3.8, 4) is 0 Å². The van der Waals surface area contributed by atoms with Crippen LogP contribution in [0.25, 0.3) is 0 Å². The van der Waals surface area contributed by atoms with Gasteiger partial charge in [-0.15, -0.1) is 11.3 Å². The summed E-state index contributed by atoms with van der Waals surface area (Å²) < 4.78 is 26.5. The Hall–Kier alpha value is -1.25. The highest BCUT2D eigenvalue weighted by atomic mass is 35.5. The van der Waals surface area contributed by atoms with E-state index in [1.807, 2.05) is 5.38 Å². The van der Waals surface area contributed by atoms with Crippen molar-refractivity contribution in [1.82, 2.24) is 15.0 Å². The van der Waals surface area contributed by atoms with E-state index in [-0.39, 0.29) is 10.2 Å². The van der Waals surface area contributed by atoms with Crippen LogP contribution in [0.5, 0.6) is 0 Å². The Bertz CT molecular complexity index is 695. The SMILES string of the molecule is O=S(=O)(Nc1nc(C2CC2)cs1)c1cnc(Cl)nc1. The lowest BCUT2D eigenvalue weighted by atomic mass is 10.3. The van der Waals surface area contributed by atoms with Crippen LogP contribution in [0.15, 0.2) is 22.7 Å². The van der Waals surface area contributed by atoms with Gasteiger partial charge in [-0.3, -0.25) is 4.72 Å². The summed E-state index contributed by atoms with van der Waals surface area (Å²) in [4.78, 5) is 11.5. The molecule has 1 aliphatic rings. The minimum atomic E-state index is -3.71. The van der Waals surface area contributed by atoms with Gasteiger partial charge in [0, 0.05) is 11.3 Å². The van der Waals surface area contributed by atoms with E-state index in [1.165, 1.54) is 11.3 Å². The standard InChI is InChI=1S/C10H9ClN4O2S2/c11-9-12-3-7(4-13-9)19(16,17)15-10-14-8(5-18-10)6-1-2-6/h3-6H,1-2H2,(H,14,15). The summed E-state index contributed by atoms with van der Waals surface area (Å²) in [6.07, 6.45) is 4.57. The van der Waals surface area contributed by atoms with Gasteiger partial charge in [-0.05, 0) is 24.4 Å². The maximum atomic E-state index is 12.0. The van der Waals surface area contributed by atoms with E-state index in [2.05, 4.69) is 19.7 Å². The Kier molecular flexibility index (Phi) is 3.15. The van der Waals surface area contributed by atoms with Crippen LogP contribution in [0.4, 0.5) is 5.13 Å². The number of hydrogen-bond acceptors (Lipinski definition) is 6. The van der Waals surface area contributed by atoms with E-state index < -0.39 is 10.0 Å². The Labute approximate surface area is 118 Å². The van der Waals surface area contributed by atoms with E-state index in [1.54, 1.807) is 0 Å². The predicted octanol–water partition coefficient (Wildman–Crippen LogP) is 2.26.